The topological polar surface area (TPSA) is 58.7 Å². The van der Waals surface area contributed by atoms with Crippen LogP contribution in [0.25, 0.3) is 0 Å². The van der Waals surface area contributed by atoms with Gasteiger partial charge in [0.25, 0.3) is 0 Å². The predicted molar refractivity (Wildman–Crippen MR) is 53.7 cm³/mol. The Balaban J connectivity index is 3.15. The lowest BCUT2D eigenvalue weighted by molar-refractivity contribution is 0.0780. The molecule has 1 atom stereocenters. The van der Waals surface area contributed by atoms with Gasteiger partial charge in [0.15, 0.2) is 0 Å². The second kappa shape index (κ2) is 8.44. The Morgan fingerprint density at radius 2 is 2.08 bits per heavy atom. The smallest absolute Gasteiger partial charge is 0.0698 e. The highest BCUT2D eigenvalue weighted by Gasteiger charge is 1.99. The maximum atomic E-state index is 8.45. The number of aliphatic hydroxyl groups is 1. The van der Waals surface area contributed by atoms with Gasteiger partial charge in [0.1, 0.15) is 0 Å². The Kier molecular flexibility index (Phi) is 8.33. The monoisotopic (exact) mass is 190 g/mol. The van der Waals surface area contributed by atoms with Crippen molar-refractivity contribution < 1.29 is 9.84 Å². The Morgan fingerprint density at radius 1 is 1.38 bits per heavy atom. The Morgan fingerprint density at radius 3 is 2.62 bits per heavy atom. The summed E-state index contributed by atoms with van der Waals surface area (Å²) >= 11 is 0. The molecular formula is C9H22N2O2. The van der Waals surface area contributed by atoms with Crippen LogP contribution in [0, 0.1) is 0 Å². The third kappa shape index (κ3) is 9.76. The molecule has 0 amide bonds. The van der Waals surface area contributed by atoms with Crippen LogP contribution in [-0.4, -0.2) is 56.0 Å². The van der Waals surface area contributed by atoms with E-state index in [1.54, 1.807) is 0 Å². The van der Waals surface area contributed by atoms with Crippen molar-refractivity contribution in [1.82, 2.24) is 4.90 Å². The van der Waals surface area contributed by atoms with Crippen molar-refractivity contribution in [2.24, 2.45) is 5.73 Å². The van der Waals surface area contributed by atoms with Gasteiger partial charge in [0.05, 0.1) is 19.8 Å². The minimum absolute atomic E-state index is 0.101. The summed E-state index contributed by atoms with van der Waals surface area (Å²) in [5.41, 5.74) is 5.63. The van der Waals surface area contributed by atoms with Crippen LogP contribution in [0.5, 0.6) is 0 Å². The van der Waals surface area contributed by atoms with Gasteiger partial charge in [0.2, 0.25) is 0 Å². The fourth-order valence-corrected chi connectivity index (χ4v) is 0.923. The van der Waals surface area contributed by atoms with E-state index in [1.165, 1.54) is 0 Å². The molecule has 0 aliphatic carbocycles. The highest BCUT2D eigenvalue weighted by molar-refractivity contribution is 4.57. The molecule has 0 heterocycles. The number of nitrogens with two attached hydrogens (primary N) is 1. The van der Waals surface area contributed by atoms with Crippen LogP contribution in [0.15, 0.2) is 0 Å². The van der Waals surface area contributed by atoms with E-state index < -0.39 is 0 Å². The van der Waals surface area contributed by atoms with Crippen LogP contribution in [0.3, 0.4) is 0 Å². The van der Waals surface area contributed by atoms with Crippen LogP contribution >= 0.6 is 0 Å². The molecule has 0 aliphatic rings. The number of rotatable bonds is 8. The van der Waals surface area contributed by atoms with Crippen LogP contribution in [-0.2, 0) is 4.74 Å². The summed E-state index contributed by atoms with van der Waals surface area (Å²) in [4.78, 5) is 2.18. The first-order valence-electron chi connectivity index (χ1n) is 4.79. The number of hydrogen-bond acceptors (Lipinski definition) is 4. The predicted octanol–water partition coefficient (Wildman–Crippen LogP) is -0.336. The Labute approximate surface area is 80.7 Å². The SMILES string of the molecule is CC(N)CCN(C)CCOCCO. The quantitative estimate of drug-likeness (QED) is 0.514. The molecular weight excluding hydrogens is 168 g/mol. The zero-order valence-corrected chi connectivity index (χ0v) is 8.70. The highest BCUT2D eigenvalue weighted by Crippen LogP contribution is 1.90. The normalized spacial score (nSPS) is 13.6. The molecule has 3 N–H and O–H groups in total. The van der Waals surface area contributed by atoms with Gasteiger partial charge in [-0.2, -0.15) is 0 Å². The summed E-state index contributed by atoms with van der Waals surface area (Å²) in [7, 11) is 2.05. The summed E-state index contributed by atoms with van der Waals surface area (Å²) < 4.78 is 5.14. The number of aliphatic hydroxyl groups excluding tert-OH is 1. The molecule has 0 aromatic rings. The van der Waals surface area contributed by atoms with E-state index in [1.807, 2.05) is 14.0 Å². The second-order valence-electron chi connectivity index (χ2n) is 3.41. The summed E-state index contributed by atoms with van der Waals surface area (Å²) in [6.07, 6.45) is 1.01. The summed E-state index contributed by atoms with van der Waals surface area (Å²) in [6.45, 7) is 5.11. The first-order valence-corrected chi connectivity index (χ1v) is 4.79. The van der Waals surface area contributed by atoms with Crippen molar-refractivity contribution in [1.29, 1.82) is 0 Å². The third-order valence-electron chi connectivity index (χ3n) is 1.82. The molecule has 0 spiro atoms. The molecule has 1 unspecified atom stereocenters. The summed E-state index contributed by atoms with van der Waals surface area (Å²) in [6, 6.07) is 0.265. The van der Waals surface area contributed by atoms with Gasteiger partial charge >= 0.3 is 0 Å². The van der Waals surface area contributed by atoms with Crippen molar-refractivity contribution in [3.05, 3.63) is 0 Å². The van der Waals surface area contributed by atoms with E-state index in [0.29, 0.717) is 13.2 Å². The minimum Gasteiger partial charge on any atom is -0.394 e. The van der Waals surface area contributed by atoms with Gasteiger partial charge in [-0.1, -0.05) is 0 Å². The van der Waals surface area contributed by atoms with Gasteiger partial charge in [-0.05, 0) is 26.9 Å². The fraction of sp³-hybridized carbons (Fsp3) is 1.00. The van der Waals surface area contributed by atoms with Crippen LogP contribution in [0.1, 0.15) is 13.3 Å². The van der Waals surface area contributed by atoms with Crippen molar-refractivity contribution in [3.63, 3.8) is 0 Å². The van der Waals surface area contributed by atoms with E-state index in [0.717, 1.165) is 19.5 Å². The molecule has 0 rings (SSSR count). The summed E-state index contributed by atoms with van der Waals surface area (Å²) in [5, 5.41) is 8.45. The molecule has 80 valence electrons. The van der Waals surface area contributed by atoms with Crippen LogP contribution in [0.2, 0.25) is 0 Å². The van der Waals surface area contributed by atoms with E-state index in [2.05, 4.69) is 4.90 Å². The Bertz CT molecular complexity index is 110. The number of likely N-dealkylation sites (N-methyl/N-ethyl adjacent to an activating group) is 1. The molecule has 4 heteroatoms. The van der Waals surface area contributed by atoms with Gasteiger partial charge in [-0.25, -0.2) is 0 Å². The van der Waals surface area contributed by atoms with E-state index in [9.17, 15) is 0 Å². The third-order valence-corrected chi connectivity index (χ3v) is 1.82. The molecule has 0 aliphatic heterocycles. The lowest BCUT2D eigenvalue weighted by Gasteiger charge is -2.17. The average molecular weight is 190 g/mol. The molecule has 0 saturated heterocycles. The van der Waals surface area contributed by atoms with Crippen molar-refractivity contribution in [3.8, 4) is 0 Å². The van der Waals surface area contributed by atoms with E-state index >= 15 is 0 Å². The fourth-order valence-electron chi connectivity index (χ4n) is 0.923. The maximum absolute atomic E-state index is 8.45. The maximum Gasteiger partial charge on any atom is 0.0698 e. The zero-order valence-electron chi connectivity index (χ0n) is 8.70. The molecule has 0 aromatic heterocycles. The molecule has 0 radical (unpaired) electrons. The summed E-state index contributed by atoms with van der Waals surface area (Å²) in [5.74, 6) is 0. The van der Waals surface area contributed by atoms with Crippen molar-refractivity contribution >= 4 is 0 Å². The highest BCUT2D eigenvalue weighted by atomic mass is 16.5. The Hall–Kier alpha value is -0.160. The number of nitrogens with zero attached hydrogens (tertiary/aromatic N) is 1. The van der Waals surface area contributed by atoms with Crippen molar-refractivity contribution in [2.45, 2.75) is 19.4 Å². The molecule has 4 nitrogen and oxygen atoms in total. The second-order valence-corrected chi connectivity index (χ2v) is 3.41. The van der Waals surface area contributed by atoms with Crippen LogP contribution < -0.4 is 5.73 Å². The molecule has 0 fully saturated rings. The molecule has 0 bridgehead atoms. The van der Waals surface area contributed by atoms with Gasteiger partial charge in [0, 0.05) is 12.6 Å². The molecule has 13 heavy (non-hydrogen) atoms. The largest absolute Gasteiger partial charge is 0.394 e. The standard InChI is InChI=1S/C9H22N2O2/c1-9(10)3-4-11(2)5-7-13-8-6-12/h9,12H,3-8,10H2,1-2H3. The lowest BCUT2D eigenvalue weighted by Crippen LogP contribution is -2.28. The number of hydrogen-bond donors (Lipinski definition) is 2. The van der Waals surface area contributed by atoms with Gasteiger partial charge < -0.3 is 20.5 Å². The average Bonchev–Trinajstić information content (AvgIpc) is 2.09. The van der Waals surface area contributed by atoms with E-state index in [4.69, 9.17) is 15.6 Å². The first kappa shape index (κ1) is 12.8. The van der Waals surface area contributed by atoms with Crippen molar-refractivity contribution in [2.75, 3.05) is 40.0 Å². The first-order chi connectivity index (χ1) is 6.16. The molecule has 0 aromatic carbocycles. The van der Waals surface area contributed by atoms with E-state index in [-0.39, 0.29) is 12.6 Å². The molecule has 0 saturated carbocycles. The number of ether oxygens (including phenoxy) is 1. The minimum atomic E-state index is 0.101. The van der Waals surface area contributed by atoms with Crippen LogP contribution in [0.4, 0.5) is 0 Å². The zero-order chi connectivity index (χ0) is 10.1. The van der Waals surface area contributed by atoms with Gasteiger partial charge in [-0.15, -0.1) is 0 Å². The van der Waals surface area contributed by atoms with Gasteiger partial charge in [-0.3, -0.25) is 0 Å². The lowest BCUT2D eigenvalue weighted by atomic mass is 10.2.